The second-order valence-corrected chi connectivity index (χ2v) is 5.82. The van der Waals surface area contributed by atoms with E-state index in [9.17, 15) is 14.0 Å². The van der Waals surface area contributed by atoms with E-state index in [1.807, 2.05) is 18.2 Å². The number of nitrogens with zero attached hydrogens (tertiary/aromatic N) is 1. The zero-order chi connectivity index (χ0) is 16.6. The molecule has 0 bridgehead atoms. The number of hydrogen-bond acceptors (Lipinski definition) is 2. The number of nitriles is 1. The van der Waals surface area contributed by atoms with Gasteiger partial charge in [-0.25, -0.2) is 4.39 Å². The van der Waals surface area contributed by atoms with E-state index in [0.717, 1.165) is 22.8 Å². The number of allylic oxidation sites excluding steroid dienone is 1. The fourth-order valence-electron chi connectivity index (χ4n) is 2.72. The summed E-state index contributed by atoms with van der Waals surface area (Å²) in [5.41, 5.74) is 4.08. The molecule has 0 spiro atoms. The summed E-state index contributed by atoms with van der Waals surface area (Å²) in [5.74, 6) is -2.14. The van der Waals surface area contributed by atoms with Gasteiger partial charge in [0.15, 0.2) is 11.6 Å². The van der Waals surface area contributed by atoms with E-state index in [-0.39, 0.29) is 12.4 Å². The zero-order valence-electron chi connectivity index (χ0n) is 12.3. The lowest BCUT2D eigenvalue weighted by Crippen LogP contribution is -1.99. The van der Waals surface area contributed by atoms with Crippen molar-refractivity contribution in [3.05, 3.63) is 69.8 Å². The third-order valence-electron chi connectivity index (χ3n) is 3.83. The van der Waals surface area contributed by atoms with Crippen LogP contribution in [0.5, 0.6) is 5.75 Å². The molecule has 2 aromatic carbocycles. The molecule has 0 saturated carbocycles. The summed E-state index contributed by atoms with van der Waals surface area (Å²) in [6.07, 6.45) is 0. The summed E-state index contributed by atoms with van der Waals surface area (Å²) in [6, 6.07) is 10.4. The maximum Gasteiger partial charge on any atom is 0.201 e. The topological polar surface area (TPSA) is 33.0 Å². The van der Waals surface area contributed by atoms with Crippen molar-refractivity contribution in [2.75, 3.05) is 0 Å². The van der Waals surface area contributed by atoms with E-state index in [0.29, 0.717) is 22.0 Å². The standard InChI is InChI=1S/C18H12BrF2NO/c1-10(8-22)16-13-3-2-11(7-19)6-12(13)9-23-18-14(16)4-5-15(20)17(18)21/h2-6H,7,9H2,1H3/b16-10-. The molecule has 0 N–H and O–H groups in total. The number of fused-ring (bicyclic) bond motifs is 2. The van der Waals surface area contributed by atoms with Crippen LogP contribution in [-0.2, 0) is 11.9 Å². The Bertz CT molecular complexity index is 868. The highest BCUT2D eigenvalue weighted by Gasteiger charge is 2.25. The number of benzene rings is 2. The van der Waals surface area contributed by atoms with Crippen molar-refractivity contribution in [1.29, 1.82) is 5.26 Å². The Morgan fingerprint density at radius 1 is 1.26 bits per heavy atom. The van der Waals surface area contributed by atoms with E-state index in [1.165, 1.54) is 6.07 Å². The van der Waals surface area contributed by atoms with Crippen molar-refractivity contribution in [2.24, 2.45) is 0 Å². The normalized spacial score (nSPS) is 14.9. The fourth-order valence-corrected chi connectivity index (χ4v) is 3.07. The SMILES string of the molecule is C/C(C#N)=C1\c2ccc(CBr)cc2COc2c1ccc(F)c2F. The lowest BCUT2D eigenvalue weighted by molar-refractivity contribution is 0.285. The van der Waals surface area contributed by atoms with E-state index in [2.05, 4.69) is 22.0 Å². The quantitative estimate of drug-likeness (QED) is 0.513. The first-order valence-corrected chi connectivity index (χ1v) is 8.09. The molecule has 23 heavy (non-hydrogen) atoms. The second kappa shape index (κ2) is 6.13. The highest BCUT2D eigenvalue weighted by Crippen LogP contribution is 2.40. The van der Waals surface area contributed by atoms with Crippen molar-refractivity contribution < 1.29 is 13.5 Å². The van der Waals surface area contributed by atoms with Gasteiger partial charge < -0.3 is 4.74 Å². The van der Waals surface area contributed by atoms with Gasteiger partial charge in [0.1, 0.15) is 6.61 Å². The van der Waals surface area contributed by atoms with Gasteiger partial charge in [0.05, 0.1) is 6.07 Å². The maximum absolute atomic E-state index is 14.2. The molecule has 1 aliphatic heterocycles. The van der Waals surface area contributed by atoms with Crippen LogP contribution in [-0.4, -0.2) is 0 Å². The van der Waals surface area contributed by atoms with Gasteiger partial charge in [0.2, 0.25) is 5.82 Å². The molecule has 2 aromatic rings. The van der Waals surface area contributed by atoms with Crippen LogP contribution in [0.4, 0.5) is 8.78 Å². The Balaban J connectivity index is 2.34. The number of ether oxygens (including phenoxy) is 1. The van der Waals surface area contributed by atoms with Gasteiger partial charge in [-0.05, 0) is 35.7 Å². The van der Waals surface area contributed by atoms with Crippen molar-refractivity contribution in [2.45, 2.75) is 18.9 Å². The van der Waals surface area contributed by atoms with Crippen LogP contribution in [0.2, 0.25) is 0 Å². The number of alkyl halides is 1. The molecule has 116 valence electrons. The van der Waals surface area contributed by atoms with Crippen LogP contribution >= 0.6 is 15.9 Å². The van der Waals surface area contributed by atoms with Gasteiger partial charge in [-0.2, -0.15) is 9.65 Å². The van der Waals surface area contributed by atoms with Gasteiger partial charge in [-0.15, -0.1) is 0 Å². The first-order chi connectivity index (χ1) is 11.1. The number of hydrogen-bond donors (Lipinski definition) is 0. The number of rotatable bonds is 1. The molecule has 0 aliphatic carbocycles. The minimum atomic E-state index is -1.03. The Kier molecular flexibility index (Phi) is 4.18. The third-order valence-corrected chi connectivity index (χ3v) is 4.47. The second-order valence-electron chi connectivity index (χ2n) is 5.26. The predicted octanol–water partition coefficient (Wildman–Crippen LogP) is 5.10. The summed E-state index contributed by atoms with van der Waals surface area (Å²) in [7, 11) is 0. The van der Waals surface area contributed by atoms with Crippen LogP contribution < -0.4 is 4.74 Å². The first-order valence-electron chi connectivity index (χ1n) is 6.97. The number of halogens is 3. The molecule has 1 heterocycles. The summed E-state index contributed by atoms with van der Waals surface area (Å²) < 4.78 is 33.3. The largest absolute Gasteiger partial charge is 0.485 e. The highest BCUT2D eigenvalue weighted by atomic mass is 79.9. The van der Waals surface area contributed by atoms with E-state index >= 15 is 0 Å². The van der Waals surface area contributed by atoms with Gasteiger partial charge in [-0.1, -0.05) is 34.1 Å². The van der Waals surface area contributed by atoms with E-state index in [1.54, 1.807) is 6.92 Å². The Labute approximate surface area is 141 Å². The highest BCUT2D eigenvalue weighted by molar-refractivity contribution is 9.08. The summed E-state index contributed by atoms with van der Waals surface area (Å²) in [5, 5.41) is 10.0. The predicted molar refractivity (Wildman–Crippen MR) is 87.1 cm³/mol. The molecule has 0 aromatic heterocycles. The minimum Gasteiger partial charge on any atom is -0.485 e. The van der Waals surface area contributed by atoms with Crippen molar-refractivity contribution in [3.8, 4) is 11.8 Å². The molecule has 0 unspecified atom stereocenters. The van der Waals surface area contributed by atoms with Crippen LogP contribution in [0.1, 0.15) is 29.2 Å². The molecular weight excluding hydrogens is 364 g/mol. The summed E-state index contributed by atoms with van der Waals surface area (Å²) >= 11 is 3.40. The van der Waals surface area contributed by atoms with Crippen LogP contribution in [0.25, 0.3) is 5.57 Å². The van der Waals surface area contributed by atoms with Gasteiger partial charge in [0.25, 0.3) is 0 Å². The Hall–Kier alpha value is -2.19. The smallest absolute Gasteiger partial charge is 0.201 e. The molecule has 3 rings (SSSR count). The van der Waals surface area contributed by atoms with Crippen LogP contribution in [0.3, 0.4) is 0 Å². The first kappa shape index (κ1) is 15.7. The van der Waals surface area contributed by atoms with E-state index < -0.39 is 11.6 Å². The molecule has 0 radical (unpaired) electrons. The third kappa shape index (κ3) is 2.64. The van der Waals surface area contributed by atoms with Gasteiger partial charge in [0, 0.05) is 22.0 Å². The lowest BCUT2D eigenvalue weighted by Gasteiger charge is -2.12. The summed E-state index contributed by atoms with van der Waals surface area (Å²) in [6.45, 7) is 1.78. The lowest BCUT2D eigenvalue weighted by atomic mass is 9.90. The molecule has 2 nitrogen and oxygen atoms in total. The monoisotopic (exact) mass is 375 g/mol. The van der Waals surface area contributed by atoms with Crippen molar-refractivity contribution >= 4 is 21.5 Å². The van der Waals surface area contributed by atoms with Crippen LogP contribution in [0.15, 0.2) is 35.9 Å². The van der Waals surface area contributed by atoms with E-state index in [4.69, 9.17) is 4.74 Å². The molecule has 5 heteroatoms. The average molecular weight is 376 g/mol. The average Bonchev–Trinajstić information content (AvgIpc) is 2.74. The maximum atomic E-state index is 14.2. The molecule has 1 aliphatic rings. The molecule has 0 atom stereocenters. The van der Waals surface area contributed by atoms with Gasteiger partial charge >= 0.3 is 0 Å². The Morgan fingerprint density at radius 2 is 2.00 bits per heavy atom. The fraction of sp³-hybridized carbons (Fsp3) is 0.167. The molecule has 0 saturated heterocycles. The van der Waals surface area contributed by atoms with Crippen molar-refractivity contribution in [3.63, 3.8) is 0 Å². The molecular formula is C18H12BrF2NO. The minimum absolute atomic E-state index is 0.117. The zero-order valence-corrected chi connectivity index (χ0v) is 13.9. The molecule has 0 fully saturated rings. The Morgan fingerprint density at radius 3 is 2.70 bits per heavy atom. The van der Waals surface area contributed by atoms with Crippen LogP contribution in [0, 0.1) is 23.0 Å². The van der Waals surface area contributed by atoms with Gasteiger partial charge in [-0.3, -0.25) is 0 Å². The summed E-state index contributed by atoms with van der Waals surface area (Å²) in [4.78, 5) is 0. The van der Waals surface area contributed by atoms with Crippen molar-refractivity contribution in [1.82, 2.24) is 0 Å². The molecule has 0 amide bonds.